The van der Waals surface area contributed by atoms with Crippen molar-refractivity contribution in [2.45, 2.75) is 89.9 Å². The predicted octanol–water partition coefficient (Wildman–Crippen LogP) is 27.2. The van der Waals surface area contributed by atoms with Crippen LogP contribution in [-0.4, -0.2) is 24.9 Å². The Bertz CT molecular complexity index is 5950. The molecule has 16 aromatic rings. The number of ether oxygens (including phenoxy) is 1. The minimum absolute atomic E-state index is 0. The number of pyridine rings is 3. The van der Waals surface area contributed by atoms with Gasteiger partial charge in [0.25, 0.3) is 0 Å². The maximum Gasteiger partial charge on any atom is 3.00 e. The van der Waals surface area contributed by atoms with E-state index < -0.39 is 0 Å². The first-order chi connectivity index (χ1) is 54.8. The van der Waals surface area contributed by atoms with Crippen molar-refractivity contribution in [3.8, 4) is 168 Å². The van der Waals surface area contributed by atoms with Gasteiger partial charge in [-0.25, -0.2) is 17.7 Å². The van der Waals surface area contributed by atoms with Gasteiger partial charge in [-0.2, -0.15) is 5.56 Å². The van der Waals surface area contributed by atoms with E-state index in [1.54, 1.807) is 12.3 Å². The monoisotopic (exact) mass is 1810 g/mol. The molecule has 0 radical (unpaired) electrons. The van der Waals surface area contributed by atoms with Crippen LogP contribution < -0.4 is 4.74 Å². The van der Waals surface area contributed by atoms with Crippen LogP contribution in [0, 0.1) is 30.3 Å². The van der Waals surface area contributed by atoms with Gasteiger partial charge in [0.2, 0.25) is 11.8 Å². The summed E-state index contributed by atoms with van der Waals surface area (Å²) in [5.74, 6) is 1.18. The summed E-state index contributed by atoms with van der Waals surface area (Å²) >= 11 is 0. The Morgan fingerprint density at radius 2 is 0.690 bits per heavy atom. The van der Waals surface area contributed by atoms with Crippen molar-refractivity contribution in [1.82, 2.24) is 24.9 Å². The third kappa shape index (κ3) is 14.4. The molecular formula is C105H80IrN5OPt. The third-order valence-corrected chi connectivity index (χ3v) is 22.7. The Labute approximate surface area is 691 Å². The second-order valence-electron chi connectivity index (χ2n) is 29.4. The van der Waals surface area contributed by atoms with Gasteiger partial charge in [-0.1, -0.05) is 245 Å². The van der Waals surface area contributed by atoms with Crippen molar-refractivity contribution >= 4 is 0 Å². The van der Waals surface area contributed by atoms with Crippen LogP contribution in [0.15, 0.2) is 316 Å². The zero-order valence-electron chi connectivity index (χ0n) is 63.5. The van der Waals surface area contributed by atoms with Gasteiger partial charge in [-0.05, 0) is 197 Å². The van der Waals surface area contributed by atoms with E-state index in [0.717, 1.165) is 163 Å². The zero-order chi connectivity index (χ0) is 74.8. The van der Waals surface area contributed by atoms with Crippen LogP contribution in [0.4, 0.5) is 0 Å². The van der Waals surface area contributed by atoms with E-state index in [4.69, 9.17) is 19.7 Å². The molecule has 0 bridgehead atoms. The molecule has 0 amide bonds. The third-order valence-electron chi connectivity index (χ3n) is 22.7. The van der Waals surface area contributed by atoms with E-state index in [0.29, 0.717) is 23.1 Å². The Hall–Kier alpha value is -11.7. The number of benzene rings is 12. The SMILES string of the molecule is CCCC1(CCC)c2ccccc2-c2ccc(-c3ccc4c(c3)C(CCC)(CCC)c3cc(-c5cc(Oc6ccnc(-c7[c-]cc(-c8ccccc8-c8cc(-c9ccccc9-c9c[c-]c(-c%10ccccn%10)cc9)cc(-c9ccccc9-c9c[c-]c(-c%10ccccn%10)cc9)c8)c[c-]7)n6)nc(-c6[c-]cccc6)c5)ccc3-4)cc21.[Ir+3].[Pt+2]. The van der Waals surface area contributed by atoms with Gasteiger partial charge in [0.15, 0.2) is 0 Å². The Balaban J connectivity index is 0.00000482. The van der Waals surface area contributed by atoms with Gasteiger partial charge in [0.05, 0.1) is 0 Å². The van der Waals surface area contributed by atoms with E-state index in [-0.39, 0.29) is 52.0 Å². The largest absolute Gasteiger partial charge is 3.00 e. The molecule has 0 saturated carbocycles. The maximum absolute atomic E-state index is 6.80. The fourth-order valence-electron chi connectivity index (χ4n) is 17.8. The minimum Gasteiger partial charge on any atom is -0.423 e. The van der Waals surface area contributed by atoms with Crippen LogP contribution in [0.2, 0.25) is 0 Å². The zero-order valence-corrected chi connectivity index (χ0v) is 68.1. The molecule has 8 heteroatoms. The molecule has 550 valence electrons. The molecule has 2 aliphatic rings. The van der Waals surface area contributed by atoms with E-state index in [9.17, 15) is 0 Å². The molecule has 18 rings (SSSR count). The molecule has 0 aliphatic heterocycles. The van der Waals surface area contributed by atoms with Crippen molar-refractivity contribution in [1.29, 1.82) is 0 Å². The summed E-state index contributed by atoms with van der Waals surface area (Å²) in [7, 11) is 0. The molecule has 4 heterocycles. The van der Waals surface area contributed by atoms with Crippen molar-refractivity contribution in [2.24, 2.45) is 0 Å². The van der Waals surface area contributed by atoms with E-state index >= 15 is 0 Å². The van der Waals surface area contributed by atoms with Gasteiger partial charge >= 0.3 is 41.2 Å². The first kappa shape index (κ1) is 75.4. The van der Waals surface area contributed by atoms with Gasteiger partial charge in [-0.3, -0.25) is 22.1 Å². The number of hydrogen-bond donors (Lipinski definition) is 0. The Morgan fingerprint density at radius 3 is 1.14 bits per heavy atom. The van der Waals surface area contributed by atoms with Crippen LogP contribution in [0.1, 0.15) is 101 Å². The van der Waals surface area contributed by atoms with Crippen LogP contribution >= 0.6 is 0 Å². The van der Waals surface area contributed by atoms with Crippen LogP contribution in [0.3, 0.4) is 0 Å². The van der Waals surface area contributed by atoms with E-state index in [1.807, 2.05) is 85.2 Å². The number of rotatable bonds is 22. The van der Waals surface area contributed by atoms with Crippen LogP contribution in [0.5, 0.6) is 11.8 Å². The summed E-state index contributed by atoms with van der Waals surface area (Å²) in [6.07, 6.45) is 14.1. The molecule has 0 N–H and O–H groups in total. The maximum atomic E-state index is 6.80. The quantitative estimate of drug-likeness (QED) is 0.0630. The fourth-order valence-corrected chi connectivity index (χ4v) is 17.8. The molecule has 0 spiro atoms. The molecule has 6 nitrogen and oxygen atoms in total. The molecule has 0 unspecified atom stereocenters. The van der Waals surface area contributed by atoms with Crippen molar-refractivity contribution < 1.29 is 45.9 Å². The first-order valence-electron chi connectivity index (χ1n) is 39.1. The fraction of sp³-hybridized carbons (Fsp3) is 0.133. The first-order valence-corrected chi connectivity index (χ1v) is 39.1. The average Bonchev–Trinajstić information content (AvgIpc) is 1.57. The molecular weight excluding hydrogens is 1730 g/mol. The Kier molecular flexibility index (Phi) is 22.0. The average molecular weight is 1820 g/mol. The number of fused-ring (bicyclic) bond motifs is 6. The molecule has 2 aliphatic carbocycles. The van der Waals surface area contributed by atoms with E-state index in [1.165, 1.54) is 55.6 Å². The molecule has 0 saturated heterocycles. The molecule has 12 aromatic carbocycles. The normalized spacial score (nSPS) is 12.5. The van der Waals surface area contributed by atoms with Gasteiger partial charge in [0, 0.05) is 41.6 Å². The van der Waals surface area contributed by atoms with Gasteiger partial charge in [-0.15, -0.1) is 95.6 Å². The van der Waals surface area contributed by atoms with E-state index in [2.05, 4.69) is 286 Å². The molecule has 0 atom stereocenters. The second kappa shape index (κ2) is 32.9. The predicted molar refractivity (Wildman–Crippen MR) is 453 cm³/mol. The summed E-state index contributed by atoms with van der Waals surface area (Å²) in [5.41, 5.74) is 34.3. The minimum atomic E-state index is -0.181. The van der Waals surface area contributed by atoms with Crippen LogP contribution in [0.25, 0.3) is 156 Å². The Morgan fingerprint density at radius 1 is 0.283 bits per heavy atom. The topological polar surface area (TPSA) is 73.7 Å². The van der Waals surface area contributed by atoms with Crippen molar-refractivity contribution in [3.63, 3.8) is 0 Å². The summed E-state index contributed by atoms with van der Waals surface area (Å²) < 4.78 is 6.80. The van der Waals surface area contributed by atoms with Gasteiger partial charge in [0.1, 0.15) is 0 Å². The molecule has 0 fully saturated rings. The van der Waals surface area contributed by atoms with Gasteiger partial charge < -0.3 is 19.7 Å². The number of aromatic nitrogens is 5. The van der Waals surface area contributed by atoms with Crippen molar-refractivity contribution in [2.75, 3.05) is 0 Å². The summed E-state index contributed by atoms with van der Waals surface area (Å²) in [4.78, 5) is 24.2. The second-order valence-corrected chi connectivity index (χ2v) is 29.4. The standard InChI is InChI=1S/C105H80N5O.Ir.Pt/c1-5-55-104(56-6-2)94-33-19-18-32-90(94)91-51-48-77(65-95(91)104)78-49-52-92-93-53-50-79(67-97(93)105(57-7-3,58-8-4)96(92)66-78)80-68-100(73-24-10-9-11-25-73)109-102(69-80)111-101-54-61-108-103(110-101)76-46-40-72(41-47-76)86-28-14-17-31-89(86)83-63-81(87-29-15-12-26-84(87)70-36-42-74(43-37-70)98-34-20-22-59-106-98)62-82(64-83)88-30-16-13-27-85(88)71-38-44-75(45-39-71)99-35-21-23-60-107-99;;/h9-24,26-42,44,48-54,59-69H,5-8,55-58H2,1-4H3;;/q-5;+3;+2. The molecule has 4 aromatic heterocycles. The number of hydrogen-bond acceptors (Lipinski definition) is 6. The summed E-state index contributed by atoms with van der Waals surface area (Å²) in [5, 5.41) is 0. The summed E-state index contributed by atoms with van der Waals surface area (Å²) in [6, 6.07) is 124. The van der Waals surface area contributed by atoms with Crippen molar-refractivity contribution in [3.05, 3.63) is 368 Å². The molecule has 113 heavy (non-hydrogen) atoms. The summed E-state index contributed by atoms with van der Waals surface area (Å²) in [6.45, 7) is 9.38. The van der Waals surface area contributed by atoms with Crippen LogP contribution in [-0.2, 0) is 52.0 Å². The number of nitrogens with zero attached hydrogens (tertiary/aromatic N) is 5. The smallest absolute Gasteiger partial charge is 0.423 e.